The van der Waals surface area contributed by atoms with Gasteiger partial charge in [-0.05, 0) is 50.1 Å². The molecule has 1 rings (SSSR count). The monoisotopic (exact) mass is 240 g/mol. The highest BCUT2D eigenvalue weighted by Gasteiger charge is 2.31. The summed E-state index contributed by atoms with van der Waals surface area (Å²) in [5.74, 6) is 1.78. The van der Waals surface area contributed by atoms with E-state index in [9.17, 15) is 0 Å². The molecule has 0 spiro atoms. The Bertz CT molecular complexity index is 211. The van der Waals surface area contributed by atoms with Crippen LogP contribution in [0.5, 0.6) is 0 Å². The van der Waals surface area contributed by atoms with Crippen molar-refractivity contribution < 1.29 is 0 Å². The van der Waals surface area contributed by atoms with Gasteiger partial charge in [0.2, 0.25) is 0 Å². The first-order valence-corrected chi connectivity index (χ1v) is 7.44. The second-order valence-corrected chi connectivity index (χ2v) is 6.22. The Hall–Kier alpha value is -0.0800. The van der Waals surface area contributed by atoms with Crippen LogP contribution in [-0.4, -0.2) is 38.1 Å². The lowest BCUT2D eigenvalue weighted by Crippen LogP contribution is -2.47. The van der Waals surface area contributed by atoms with Crippen molar-refractivity contribution in [1.29, 1.82) is 0 Å². The molecule has 2 atom stereocenters. The maximum Gasteiger partial charge on any atom is 0.00500 e. The van der Waals surface area contributed by atoms with Gasteiger partial charge in [-0.15, -0.1) is 0 Å². The highest BCUT2D eigenvalue weighted by molar-refractivity contribution is 4.85. The summed E-state index contributed by atoms with van der Waals surface area (Å²) in [5, 5.41) is 3.39. The van der Waals surface area contributed by atoms with Crippen LogP contribution in [0.4, 0.5) is 0 Å². The van der Waals surface area contributed by atoms with Gasteiger partial charge >= 0.3 is 0 Å². The number of rotatable bonds is 6. The van der Waals surface area contributed by atoms with Crippen molar-refractivity contribution in [3.05, 3.63) is 0 Å². The Balaban J connectivity index is 2.55. The molecule has 1 heterocycles. The number of nitrogens with one attached hydrogen (secondary N) is 1. The van der Waals surface area contributed by atoms with Gasteiger partial charge in [0.25, 0.3) is 0 Å². The van der Waals surface area contributed by atoms with Gasteiger partial charge in [-0.3, -0.25) is 0 Å². The summed E-state index contributed by atoms with van der Waals surface area (Å²) in [5.41, 5.74) is 0.481. The quantitative estimate of drug-likeness (QED) is 0.768. The zero-order valence-corrected chi connectivity index (χ0v) is 12.6. The summed E-state index contributed by atoms with van der Waals surface area (Å²) >= 11 is 0. The highest BCUT2D eigenvalue weighted by atomic mass is 15.1. The van der Waals surface area contributed by atoms with Crippen molar-refractivity contribution >= 4 is 0 Å². The minimum absolute atomic E-state index is 0.481. The van der Waals surface area contributed by atoms with E-state index in [1.54, 1.807) is 0 Å². The summed E-state index contributed by atoms with van der Waals surface area (Å²) in [4.78, 5) is 2.70. The van der Waals surface area contributed by atoms with Crippen molar-refractivity contribution in [1.82, 2.24) is 10.2 Å². The van der Waals surface area contributed by atoms with Gasteiger partial charge in [0.05, 0.1) is 0 Å². The summed E-state index contributed by atoms with van der Waals surface area (Å²) < 4.78 is 0. The molecule has 1 aliphatic rings. The van der Waals surface area contributed by atoms with E-state index in [2.05, 4.69) is 45.0 Å². The van der Waals surface area contributed by atoms with Gasteiger partial charge in [-0.2, -0.15) is 0 Å². The fourth-order valence-electron chi connectivity index (χ4n) is 3.12. The number of hydrogen-bond acceptors (Lipinski definition) is 2. The number of nitrogens with zero attached hydrogens (tertiary/aromatic N) is 1. The Morgan fingerprint density at radius 3 is 2.29 bits per heavy atom. The normalized spacial score (nSPS) is 27.4. The molecule has 17 heavy (non-hydrogen) atoms. The molecule has 102 valence electrons. The highest BCUT2D eigenvalue weighted by Crippen LogP contribution is 2.30. The number of hydrogen-bond donors (Lipinski definition) is 1. The van der Waals surface area contributed by atoms with Crippen molar-refractivity contribution in [3.63, 3.8) is 0 Å². The molecule has 1 saturated heterocycles. The van der Waals surface area contributed by atoms with Crippen LogP contribution >= 0.6 is 0 Å². The molecule has 1 aliphatic heterocycles. The molecule has 2 heteroatoms. The summed E-state index contributed by atoms with van der Waals surface area (Å²) in [7, 11) is 2.08. The molecule has 0 radical (unpaired) electrons. The summed E-state index contributed by atoms with van der Waals surface area (Å²) in [6, 6.07) is 0. The van der Waals surface area contributed by atoms with E-state index in [1.165, 1.54) is 38.9 Å². The Morgan fingerprint density at radius 1 is 1.18 bits per heavy atom. The molecular formula is C15H32N2. The predicted molar refractivity (Wildman–Crippen MR) is 76.3 cm³/mol. The lowest BCUT2D eigenvalue weighted by Gasteiger charge is -2.42. The molecule has 0 aliphatic carbocycles. The number of piperidine rings is 1. The van der Waals surface area contributed by atoms with Crippen molar-refractivity contribution in [2.24, 2.45) is 17.3 Å². The molecule has 0 amide bonds. The minimum atomic E-state index is 0.481. The van der Waals surface area contributed by atoms with Gasteiger partial charge < -0.3 is 10.2 Å². The van der Waals surface area contributed by atoms with Crippen LogP contribution < -0.4 is 5.32 Å². The maximum absolute atomic E-state index is 3.39. The molecular weight excluding hydrogens is 208 g/mol. The summed E-state index contributed by atoms with van der Waals surface area (Å²) in [6.45, 7) is 14.5. The van der Waals surface area contributed by atoms with E-state index >= 15 is 0 Å². The largest absolute Gasteiger partial charge is 0.319 e. The molecule has 1 N–H and O–H groups in total. The third-order valence-corrected chi connectivity index (χ3v) is 5.03. The molecule has 0 saturated carbocycles. The van der Waals surface area contributed by atoms with Gasteiger partial charge in [-0.1, -0.05) is 27.7 Å². The van der Waals surface area contributed by atoms with Crippen LogP contribution in [0.3, 0.4) is 0 Å². The molecule has 2 nitrogen and oxygen atoms in total. The smallest absolute Gasteiger partial charge is 0.00500 e. The standard InChI is InChI=1S/C15H32N2/c1-6-15(7-2,11-16-5)12-17-9-8-13(3)14(4)10-17/h13-14,16H,6-12H2,1-5H3. The fourth-order valence-corrected chi connectivity index (χ4v) is 3.12. The van der Waals surface area contributed by atoms with Crippen molar-refractivity contribution in [2.45, 2.75) is 47.0 Å². The lowest BCUT2D eigenvalue weighted by atomic mass is 9.80. The summed E-state index contributed by atoms with van der Waals surface area (Å²) in [6.07, 6.45) is 3.94. The van der Waals surface area contributed by atoms with E-state index in [1.807, 2.05) is 0 Å². The lowest BCUT2D eigenvalue weighted by molar-refractivity contribution is 0.0773. The minimum Gasteiger partial charge on any atom is -0.319 e. The van der Waals surface area contributed by atoms with Crippen LogP contribution in [0.2, 0.25) is 0 Å². The van der Waals surface area contributed by atoms with E-state index in [-0.39, 0.29) is 0 Å². The van der Waals surface area contributed by atoms with Crippen molar-refractivity contribution in [2.75, 3.05) is 33.2 Å². The zero-order chi connectivity index (χ0) is 12.9. The molecule has 0 bridgehead atoms. The average Bonchev–Trinajstić information content (AvgIpc) is 2.33. The van der Waals surface area contributed by atoms with Crippen molar-refractivity contribution in [3.8, 4) is 0 Å². The van der Waals surface area contributed by atoms with E-state index in [0.29, 0.717) is 5.41 Å². The third-order valence-electron chi connectivity index (χ3n) is 5.03. The second-order valence-electron chi connectivity index (χ2n) is 6.22. The van der Waals surface area contributed by atoms with Crippen LogP contribution in [0, 0.1) is 17.3 Å². The predicted octanol–water partition coefficient (Wildman–Crippen LogP) is 2.99. The Morgan fingerprint density at radius 2 is 1.82 bits per heavy atom. The van der Waals surface area contributed by atoms with Crippen LogP contribution in [0.15, 0.2) is 0 Å². The molecule has 1 fully saturated rings. The number of likely N-dealkylation sites (tertiary alicyclic amines) is 1. The third kappa shape index (κ3) is 3.96. The first-order valence-electron chi connectivity index (χ1n) is 7.44. The molecule has 0 aromatic heterocycles. The van der Waals surface area contributed by atoms with Gasteiger partial charge in [-0.25, -0.2) is 0 Å². The van der Waals surface area contributed by atoms with Crippen LogP contribution in [-0.2, 0) is 0 Å². The van der Waals surface area contributed by atoms with Gasteiger partial charge in [0.15, 0.2) is 0 Å². The second kappa shape index (κ2) is 6.75. The average molecular weight is 240 g/mol. The SMILES string of the molecule is CCC(CC)(CNC)CN1CCC(C)C(C)C1. The van der Waals surface area contributed by atoms with Gasteiger partial charge in [0, 0.05) is 19.6 Å². The van der Waals surface area contributed by atoms with E-state index in [4.69, 9.17) is 0 Å². The van der Waals surface area contributed by atoms with E-state index in [0.717, 1.165) is 18.4 Å². The molecule has 0 aromatic rings. The maximum atomic E-state index is 3.39. The first kappa shape index (κ1) is 15.0. The molecule has 2 unspecified atom stereocenters. The van der Waals surface area contributed by atoms with Crippen LogP contribution in [0.25, 0.3) is 0 Å². The van der Waals surface area contributed by atoms with E-state index < -0.39 is 0 Å². The molecule has 0 aromatic carbocycles. The Kier molecular flexibility index (Phi) is 5.94. The topological polar surface area (TPSA) is 15.3 Å². The first-order chi connectivity index (χ1) is 8.06. The zero-order valence-electron chi connectivity index (χ0n) is 12.6. The fraction of sp³-hybridized carbons (Fsp3) is 1.00. The Labute approximate surface area is 108 Å². The van der Waals surface area contributed by atoms with Gasteiger partial charge in [0.1, 0.15) is 0 Å². The van der Waals surface area contributed by atoms with Crippen LogP contribution in [0.1, 0.15) is 47.0 Å².